The van der Waals surface area contributed by atoms with Crippen LogP contribution in [0.4, 0.5) is 5.69 Å². The predicted molar refractivity (Wildman–Crippen MR) is 96.0 cm³/mol. The summed E-state index contributed by atoms with van der Waals surface area (Å²) < 4.78 is 1.83. The van der Waals surface area contributed by atoms with Crippen molar-refractivity contribution in [3.63, 3.8) is 0 Å². The summed E-state index contributed by atoms with van der Waals surface area (Å²) >= 11 is 0. The first kappa shape index (κ1) is 16.5. The normalized spacial score (nSPS) is 15.2. The number of hydrogen-bond donors (Lipinski definition) is 2. The number of aryl methyl sites for hydroxylation is 1. The van der Waals surface area contributed by atoms with Crippen LogP contribution in [0.2, 0.25) is 0 Å². The van der Waals surface area contributed by atoms with Crippen LogP contribution < -0.4 is 4.90 Å². The van der Waals surface area contributed by atoms with Crippen molar-refractivity contribution in [2.45, 2.75) is 18.6 Å². The van der Waals surface area contributed by atoms with Crippen LogP contribution in [0.5, 0.6) is 0 Å². The topological polar surface area (TPSA) is 61.5 Å². The fourth-order valence-electron chi connectivity index (χ4n) is 3.00. The van der Waals surface area contributed by atoms with Crippen molar-refractivity contribution >= 4 is 16.7 Å². The molecule has 24 heavy (non-hydrogen) atoms. The quantitative estimate of drug-likeness (QED) is 0.774. The molecule has 0 radical (unpaired) electrons. The van der Waals surface area contributed by atoms with Crippen molar-refractivity contribution in [1.29, 1.82) is 0 Å². The fraction of sp³-hybridized carbons (Fsp3) is 0.316. The summed E-state index contributed by atoms with van der Waals surface area (Å²) in [5.74, 6) is 0.438. The Labute approximate surface area is 141 Å². The van der Waals surface area contributed by atoms with Gasteiger partial charge in [0, 0.05) is 26.8 Å². The second-order valence-electron chi connectivity index (χ2n) is 6.52. The lowest BCUT2D eigenvalue weighted by Crippen LogP contribution is -2.33. The van der Waals surface area contributed by atoms with E-state index in [0.29, 0.717) is 11.4 Å². The molecule has 2 N–H and O–H groups in total. The van der Waals surface area contributed by atoms with E-state index in [2.05, 4.69) is 4.98 Å². The summed E-state index contributed by atoms with van der Waals surface area (Å²) in [6.45, 7) is 1.60. The van der Waals surface area contributed by atoms with E-state index in [1.165, 1.54) is 0 Å². The number of anilines is 1. The standard InChI is InChI=1S/C19H23N3O2/c1-19(24,17(23)13-9-11-14(12-10-13)21(2)3)18-20-15-7-5-6-8-16(15)22(18)4/h5-12,17,23-24H,1-4H3/t17-,19-/m0/s1. The zero-order valence-corrected chi connectivity index (χ0v) is 14.4. The highest BCUT2D eigenvalue weighted by molar-refractivity contribution is 5.76. The van der Waals surface area contributed by atoms with Crippen LogP contribution in [0.15, 0.2) is 48.5 Å². The molecule has 0 aliphatic carbocycles. The number of imidazole rings is 1. The van der Waals surface area contributed by atoms with Gasteiger partial charge < -0.3 is 19.7 Å². The number of aromatic nitrogens is 2. The minimum Gasteiger partial charge on any atom is -0.385 e. The molecule has 3 aromatic rings. The predicted octanol–water partition coefficient (Wildman–Crippen LogP) is 2.58. The Morgan fingerprint density at radius 3 is 2.29 bits per heavy atom. The van der Waals surface area contributed by atoms with Gasteiger partial charge in [0.25, 0.3) is 0 Å². The van der Waals surface area contributed by atoms with Gasteiger partial charge in [-0.1, -0.05) is 24.3 Å². The van der Waals surface area contributed by atoms with Gasteiger partial charge in [-0.2, -0.15) is 0 Å². The number of hydrogen-bond acceptors (Lipinski definition) is 4. The first-order valence-corrected chi connectivity index (χ1v) is 7.92. The molecule has 0 saturated carbocycles. The molecule has 0 amide bonds. The smallest absolute Gasteiger partial charge is 0.149 e. The van der Waals surface area contributed by atoms with Crippen LogP contribution in [-0.4, -0.2) is 33.9 Å². The summed E-state index contributed by atoms with van der Waals surface area (Å²) in [7, 11) is 5.77. The third-order valence-corrected chi connectivity index (χ3v) is 4.50. The van der Waals surface area contributed by atoms with Crippen LogP contribution in [-0.2, 0) is 12.6 Å². The number of fused-ring (bicyclic) bond motifs is 1. The fourth-order valence-corrected chi connectivity index (χ4v) is 3.00. The Hall–Kier alpha value is -2.37. The average Bonchev–Trinajstić information content (AvgIpc) is 2.92. The minimum absolute atomic E-state index is 0.438. The number of aliphatic hydroxyl groups is 2. The molecule has 2 atom stereocenters. The van der Waals surface area contributed by atoms with Crippen LogP contribution in [0, 0.1) is 0 Å². The van der Waals surface area contributed by atoms with Crippen molar-refractivity contribution in [2.24, 2.45) is 7.05 Å². The van der Waals surface area contributed by atoms with E-state index in [0.717, 1.165) is 16.7 Å². The molecule has 5 heteroatoms. The maximum atomic E-state index is 11.0. The van der Waals surface area contributed by atoms with E-state index in [4.69, 9.17) is 0 Å². The molecule has 1 heterocycles. The second kappa shape index (κ2) is 5.92. The zero-order valence-electron chi connectivity index (χ0n) is 14.4. The van der Waals surface area contributed by atoms with Crippen molar-refractivity contribution in [3.8, 4) is 0 Å². The molecule has 1 aromatic heterocycles. The lowest BCUT2D eigenvalue weighted by molar-refractivity contribution is -0.0764. The van der Waals surface area contributed by atoms with Crippen LogP contribution in [0.1, 0.15) is 24.4 Å². The summed E-state index contributed by atoms with van der Waals surface area (Å²) in [4.78, 5) is 6.51. The van der Waals surface area contributed by atoms with Crippen molar-refractivity contribution in [2.75, 3.05) is 19.0 Å². The zero-order chi connectivity index (χ0) is 17.5. The number of para-hydroxylation sites is 2. The van der Waals surface area contributed by atoms with Crippen molar-refractivity contribution in [3.05, 3.63) is 59.9 Å². The number of aliphatic hydroxyl groups excluding tert-OH is 1. The Morgan fingerprint density at radius 1 is 1.08 bits per heavy atom. The second-order valence-corrected chi connectivity index (χ2v) is 6.52. The Kier molecular flexibility index (Phi) is 4.07. The van der Waals surface area contributed by atoms with Crippen molar-refractivity contribution < 1.29 is 10.2 Å². The lowest BCUT2D eigenvalue weighted by atomic mass is 9.92. The van der Waals surface area contributed by atoms with Gasteiger partial charge in [0.1, 0.15) is 17.5 Å². The number of benzene rings is 2. The molecule has 0 unspecified atom stereocenters. The molecular formula is C19H23N3O2. The van der Waals surface area contributed by atoms with Gasteiger partial charge in [0.05, 0.1) is 11.0 Å². The van der Waals surface area contributed by atoms with Gasteiger partial charge in [0.15, 0.2) is 0 Å². The number of rotatable bonds is 4. The SMILES string of the molecule is CN(C)c1ccc([C@H](O)[C@](C)(O)c2nc3ccccc3n2C)cc1. The third-order valence-electron chi connectivity index (χ3n) is 4.50. The van der Waals surface area contributed by atoms with Gasteiger partial charge in [-0.3, -0.25) is 0 Å². The van der Waals surface area contributed by atoms with Gasteiger partial charge >= 0.3 is 0 Å². The minimum atomic E-state index is -1.51. The molecule has 5 nitrogen and oxygen atoms in total. The molecule has 0 fully saturated rings. The van der Waals surface area contributed by atoms with Gasteiger partial charge in [-0.15, -0.1) is 0 Å². The maximum absolute atomic E-state index is 11.0. The van der Waals surface area contributed by atoms with Gasteiger partial charge in [0.2, 0.25) is 0 Å². The summed E-state index contributed by atoms with van der Waals surface area (Å²) in [6, 6.07) is 15.2. The van der Waals surface area contributed by atoms with Gasteiger partial charge in [-0.05, 0) is 36.8 Å². The lowest BCUT2D eigenvalue weighted by Gasteiger charge is -2.29. The summed E-state index contributed by atoms with van der Waals surface area (Å²) in [5.41, 5.74) is 1.90. The van der Waals surface area contributed by atoms with E-state index in [1.807, 2.05) is 79.1 Å². The molecule has 2 aromatic carbocycles. The Bertz CT molecular complexity index is 851. The Morgan fingerprint density at radius 2 is 1.71 bits per heavy atom. The van der Waals surface area contributed by atoms with E-state index in [9.17, 15) is 10.2 Å². The van der Waals surface area contributed by atoms with Crippen LogP contribution >= 0.6 is 0 Å². The monoisotopic (exact) mass is 325 g/mol. The molecule has 0 aliphatic rings. The molecular weight excluding hydrogens is 302 g/mol. The number of nitrogens with zero attached hydrogens (tertiary/aromatic N) is 3. The highest BCUT2D eigenvalue weighted by Crippen LogP contribution is 2.35. The van der Waals surface area contributed by atoms with E-state index >= 15 is 0 Å². The van der Waals surface area contributed by atoms with E-state index in [1.54, 1.807) is 6.92 Å². The van der Waals surface area contributed by atoms with E-state index < -0.39 is 11.7 Å². The highest BCUT2D eigenvalue weighted by atomic mass is 16.3. The van der Waals surface area contributed by atoms with Crippen LogP contribution in [0.3, 0.4) is 0 Å². The van der Waals surface area contributed by atoms with Gasteiger partial charge in [-0.25, -0.2) is 4.98 Å². The summed E-state index contributed by atoms with van der Waals surface area (Å²) in [5, 5.41) is 21.8. The molecule has 0 saturated heterocycles. The maximum Gasteiger partial charge on any atom is 0.149 e. The Balaban J connectivity index is 2.00. The molecule has 126 valence electrons. The average molecular weight is 325 g/mol. The molecule has 0 bridgehead atoms. The summed E-state index contributed by atoms with van der Waals surface area (Å²) in [6.07, 6.45) is -1.08. The first-order valence-electron chi connectivity index (χ1n) is 7.92. The van der Waals surface area contributed by atoms with Crippen LogP contribution in [0.25, 0.3) is 11.0 Å². The highest BCUT2D eigenvalue weighted by Gasteiger charge is 2.37. The third kappa shape index (κ3) is 2.66. The first-order chi connectivity index (χ1) is 11.3. The molecule has 0 aliphatic heterocycles. The molecule has 3 rings (SSSR count). The largest absolute Gasteiger partial charge is 0.385 e. The van der Waals surface area contributed by atoms with Crippen molar-refractivity contribution in [1.82, 2.24) is 9.55 Å². The molecule has 0 spiro atoms. The van der Waals surface area contributed by atoms with E-state index in [-0.39, 0.29) is 0 Å².